The highest BCUT2D eigenvalue weighted by molar-refractivity contribution is 5.86. The molecule has 0 aliphatic carbocycles. The maximum atomic E-state index is 11.6. The third-order valence-corrected chi connectivity index (χ3v) is 3.33. The lowest BCUT2D eigenvalue weighted by molar-refractivity contribution is -0.127. The van der Waals surface area contributed by atoms with Gasteiger partial charge in [0, 0.05) is 34.7 Å². The van der Waals surface area contributed by atoms with Gasteiger partial charge in [0.2, 0.25) is 12.7 Å². The van der Waals surface area contributed by atoms with E-state index in [9.17, 15) is 4.79 Å². The highest BCUT2D eigenvalue weighted by Crippen LogP contribution is 2.32. The van der Waals surface area contributed by atoms with Crippen LogP contribution in [0.1, 0.15) is 5.56 Å². The van der Waals surface area contributed by atoms with Gasteiger partial charge in [-0.2, -0.15) is 0 Å². The third kappa shape index (κ3) is 3.81. The molecule has 0 aromatic heterocycles. The molecular formula is C15H22N4O3. The van der Waals surface area contributed by atoms with Gasteiger partial charge in [0.25, 0.3) is 0 Å². The Balaban J connectivity index is 1.94. The molecule has 7 nitrogen and oxygen atoms in total. The summed E-state index contributed by atoms with van der Waals surface area (Å²) in [6.07, 6.45) is 0. The van der Waals surface area contributed by atoms with Crippen molar-refractivity contribution < 1.29 is 14.3 Å². The van der Waals surface area contributed by atoms with Crippen molar-refractivity contribution in [2.75, 3.05) is 41.5 Å². The molecule has 0 saturated carbocycles. The zero-order chi connectivity index (χ0) is 16.1. The lowest BCUT2D eigenvalue weighted by atomic mass is 10.2. The second kappa shape index (κ2) is 7.02. The molecule has 0 atom stereocenters. The van der Waals surface area contributed by atoms with Crippen molar-refractivity contribution in [3.63, 3.8) is 0 Å². The molecule has 0 radical (unpaired) electrons. The predicted octanol–water partition coefficient (Wildman–Crippen LogP) is 0.511. The first-order valence-electron chi connectivity index (χ1n) is 7.01. The van der Waals surface area contributed by atoms with Crippen LogP contribution in [-0.2, 0) is 11.3 Å². The number of likely N-dealkylation sites (N-methyl/N-ethyl adjacent to an activating group) is 1. The van der Waals surface area contributed by atoms with Crippen molar-refractivity contribution in [2.24, 2.45) is 4.99 Å². The lowest BCUT2D eigenvalue weighted by Gasteiger charge is -2.22. The standard InChI is InChI=1S/C15H22N4O3/c1-16-15(17-8-14(20)18(2)3)19(4)9-11-5-6-12-13(7-11)22-10-21-12/h5-7H,8-10H2,1-4H3,(H,16,17). The summed E-state index contributed by atoms with van der Waals surface area (Å²) in [5.41, 5.74) is 1.08. The van der Waals surface area contributed by atoms with Crippen LogP contribution in [0.15, 0.2) is 23.2 Å². The lowest BCUT2D eigenvalue weighted by Crippen LogP contribution is -2.43. The molecule has 1 amide bonds. The molecular weight excluding hydrogens is 284 g/mol. The number of rotatable bonds is 4. The van der Waals surface area contributed by atoms with E-state index in [1.165, 1.54) is 4.90 Å². The van der Waals surface area contributed by atoms with Crippen LogP contribution in [0.4, 0.5) is 0 Å². The van der Waals surface area contributed by atoms with Crippen molar-refractivity contribution in [1.29, 1.82) is 0 Å². The van der Waals surface area contributed by atoms with E-state index in [1.54, 1.807) is 21.1 Å². The molecule has 120 valence electrons. The van der Waals surface area contributed by atoms with E-state index in [4.69, 9.17) is 9.47 Å². The van der Waals surface area contributed by atoms with Crippen molar-refractivity contribution in [3.05, 3.63) is 23.8 Å². The molecule has 22 heavy (non-hydrogen) atoms. The smallest absolute Gasteiger partial charge is 0.241 e. The Kier molecular flexibility index (Phi) is 5.08. The van der Waals surface area contributed by atoms with Crippen LogP contribution in [0.3, 0.4) is 0 Å². The van der Waals surface area contributed by atoms with Crippen molar-refractivity contribution >= 4 is 11.9 Å². The summed E-state index contributed by atoms with van der Waals surface area (Å²) in [6.45, 7) is 1.13. The summed E-state index contributed by atoms with van der Waals surface area (Å²) < 4.78 is 10.7. The molecule has 0 bridgehead atoms. The first-order valence-corrected chi connectivity index (χ1v) is 7.01. The first-order chi connectivity index (χ1) is 10.5. The van der Waals surface area contributed by atoms with Crippen LogP contribution in [-0.4, -0.2) is 63.2 Å². The number of guanidine groups is 1. The van der Waals surface area contributed by atoms with Gasteiger partial charge in [-0.1, -0.05) is 6.07 Å². The van der Waals surface area contributed by atoms with Gasteiger partial charge in [-0.05, 0) is 17.7 Å². The van der Waals surface area contributed by atoms with Gasteiger partial charge >= 0.3 is 0 Å². The van der Waals surface area contributed by atoms with Crippen LogP contribution in [0.25, 0.3) is 0 Å². The monoisotopic (exact) mass is 306 g/mol. The van der Waals surface area contributed by atoms with Gasteiger partial charge in [-0.25, -0.2) is 0 Å². The number of amides is 1. The number of aliphatic imine (C=N–C) groups is 1. The molecule has 7 heteroatoms. The largest absolute Gasteiger partial charge is 0.454 e. The maximum absolute atomic E-state index is 11.6. The van der Waals surface area contributed by atoms with E-state index in [1.807, 2.05) is 30.1 Å². The highest BCUT2D eigenvalue weighted by atomic mass is 16.7. The van der Waals surface area contributed by atoms with E-state index < -0.39 is 0 Å². The summed E-state index contributed by atoms with van der Waals surface area (Å²) in [5, 5.41) is 3.05. The molecule has 0 spiro atoms. The molecule has 0 saturated heterocycles. The average Bonchev–Trinajstić information content (AvgIpc) is 2.95. The van der Waals surface area contributed by atoms with Crippen molar-refractivity contribution in [2.45, 2.75) is 6.54 Å². The van der Waals surface area contributed by atoms with E-state index in [2.05, 4.69) is 10.3 Å². The molecule has 0 fully saturated rings. The second-order valence-electron chi connectivity index (χ2n) is 5.23. The van der Waals surface area contributed by atoms with Crippen LogP contribution < -0.4 is 14.8 Å². The number of ether oxygens (including phenoxy) is 2. The zero-order valence-electron chi connectivity index (χ0n) is 13.4. The molecule has 0 unspecified atom stereocenters. The van der Waals surface area contributed by atoms with Gasteiger partial charge in [0.15, 0.2) is 17.5 Å². The van der Waals surface area contributed by atoms with Gasteiger partial charge < -0.3 is 24.6 Å². The van der Waals surface area contributed by atoms with Crippen molar-refractivity contribution in [3.8, 4) is 11.5 Å². The molecule has 1 N–H and O–H groups in total. The van der Waals surface area contributed by atoms with Gasteiger partial charge in [-0.15, -0.1) is 0 Å². The number of fused-ring (bicyclic) bond motifs is 1. The van der Waals surface area contributed by atoms with Crippen LogP contribution >= 0.6 is 0 Å². The summed E-state index contributed by atoms with van der Waals surface area (Å²) in [4.78, 5) is 19.3. The fraction of sp³-hybridized carbons (Fsp3) is 0.467. The number of nitrogens with zero attached hydrogens (tertiary/aromatic N) is 3. The van der Waals surface area contributed by atoms with E-state index >= 15 is 0 Å². The van der Waals surface area contributed by atoms with E-state index in [-0.39, 0.29) is 19.2 Å². The fourth-order valence-electron chi connectivity index (χ4n) is 2.09. The van der Waals surface area contributed by atoms with Crippen molar-refractivity contribution in [1.82, 2.24) is 15.1 Å². The van der Waals surface area contributed by atoms with Gasteiger partial charge in [-0.3, -0.25) is 9.79 Å². The first kappa shape index (κ1) is 15.9. The Hall–Kier alpha value is -2.44. The minimum atomic E-state index is -0.00219. The molecule has 1 aromatic carbocycles. The normalized spacial score (nSPS) is 13.0. The van der Waals surface area contributed by atoms with E-state index in [0.717, 1.165) is 17.1 Å². The zero-order valence-corrected chi connectivity index (χ0v) is 13.4. The number of hydrogen-bond donors (Lipinski definition) is 1. The maximum Gasteiger partial charge on any atom is 0.241 e. The fourth-order valence-corrected chi connectivity index (χ4v) is 2.09. The van der Waals surface area contributed by atoms with Gasteiger partial charge in [0.05, 0.1) is 6.54 Å². The Labute approximate surface area is 130 Å². The third-order valence-electron chi connectivity index (χ3n) is 3.33. The quantitative estimate of drug-likeness (QED) is 0.648. The Morgan fingerprint density at radius 3 is 2.68 bits per heavy atom. The number of hydrogen-bond acceptors (Lipinski definition) is 4. The molecule has 1 aromatic rings. The Bertz CT molecular complexity index is 572. The summed E-state index contributed by atoms with van der Waals surface area (Å²) in [7, 11) is 7.06. The Morgan fingerprint density at radius 1 is 1.27 bits per heavy atom. The molecule has 1 heterocycles. The molecule has 1 aliphatic heterocycles. The van der Waals surface area contributed by atoms with Crippen LogP contribution in [0.2, 0.25) is 0 Å². The summed E-state index contributed by atoms with van der Waals surface area (Å²) in [5.74, 6) is 2.19. The number of carbonyl (C=O) groups is 1. The summed E-state index contributed by atoms with van der Waals surface area (Å²) in [6, 6.07) is 5.84. The molecule has 2 rings (SSSR count). The van der Waals surface area contributed by atoms with Crippen LogP contribution in [0, 0.1) is 0 Å². The van der Waals surface area contributed by atoms with Crippen LogP contribution in [0.5, 0.6) is 11.5 Å². The SMILES string of the molecule is CN=C(NCC(=O)N(C)C)N(C)Cc1ccc2c(c1)OCO2. The van der Waals surface area contributed by atoms with Gasteiger partial charge in [0.1, 0.15) is 0 Å². The minimum Gasteiger partial charge on any atom is -0.454 e. The topological polar surface area (TPSA) is 66.4 Å². The Morgan fingerprint density at radius 2 is 2.00 bits per heavy atom. The number of benzene rings is 1. The summed E-state index contributed by atoms with van der Waals surface area (Å²) >= 11 is 0. The average molecular weight is 306 g/mol. The second-order valence-corrected chi connectivity index (χ2v) is 5.23. The molecule has 1 aliphatic rings. The van der Waals surface area contributed by atoms with E-state index in [0.29, 0.717) is 12.5 Å². The minimum absolute atomic E-state index is 0.00219. The number of carbonyl (C=O) groups excluding carboxylic acids is 1. The predicted molar refractivity (Wildman–Crippen MR) is 84.1 cm³/mol. The number of nitrogens with one attached hydrogen (secondary N) is 1. The highest BCUT2D eigenvalue weighted by Gasteiger charge is 2.15.